The second kappa shape index (κ2) is 11.5. The normalized spacial score (nSPS) is 18.3. The van der Waals surface area contributed by atoms with Gasteiger partial charge in [0.1, 0.15) is 5.75 Å². The van der Waals surface area contributed by atoms with E-state index in [4.69, 9.17) is 4.74 Å². The first-order valence-corrected chi connectivity index (χ1v) is 16.4. The molecule has 8 heteroatoms. The summed E-state index contributed by atoms with van der Waals surface area (Å²) >= 11 is 0. The molecule has 0 aromatic heterocycles. The van der Waals surface area contributed by atoms with Crippen LogP contribution in [0.5, 0.6) is 5.75 Å². The second-order valence-electron chi connectivity index (χ2n) is 12.9. The van der Waals surface area contributed by atoms with Crippen molar-refractivity contribution in [1.29, 1.82) is 0 Å². The standard InChI is InChI=1S/C39H32N2O6/c42-33(21-12-23-6-1-2-7-23)47-28-11-5-10-27(22-28)41-38(45)31-19-17-29-34-30(18-20-32(35(31)34)39(41)46)37(44)40(36(29)43)26-15-13-25(14-16-26)24-8-3-4-9-24/h5,10-24H,1-4,6-9H2/b21-12+. The van der Waals surface area contributed by atoms with E-state index in [2.05, 4.69) is 0 Å². The Morgan fingerprint density at radius 1 is 0.617 bits per heavy atom. The van der Waals surface area contributed by atoms with Gasteiger partial charge in [-0.15, -0.1) is 0 Å². The monoisotopic (exact) mass is 624 g/mol. The molecule has 8 nitrogen and oxygen atoms in total. The van der Waals surface area contributed by atoms with Crippen LogP contribution in [0.2, 0.25) is 0 Å². The van der Waals surface area contributed by atoms with Crippen LogP contribution in [-0.4, -0.2) is 29.6 Å². The van der Waals surface area contributed by atoms with Gasteiger partial charge in [0.2, 0.25) is 0 Å². The van der Waals surface area contributed by atoms with Crippen LogP contribution in [0, 0.1) is 5.92 Å². The van der Waals surface area contributed by atoms with Gasteiger partial charge in [0.05, 0.1) is 11.4 Å². The van der Waals surface area contributed by atoms with Crippen molar-refractivity contribution in [2.24, 2.45) is 5.92 Å². The molecule has 4 aromatic rings. The summed E-state index contributed by atoms with van der Waals surface area (Å²) in [5.41, 5.74) is 2.86. The zero-order valence-corrected chi connectivity index (χ0v) is 25.7. The summed E-state index contributed by atoms with van der Waals surface area (Å²) in [6.07, 6.45) is 12.5. The first kappa shape index (κ1) is 29.1. The minimum absolute atomic E-state index is 0.202. The summed E-state index contributed by atoms with van der Waals surface area (Å²) in [6.45, 7) is 0. The molecule has 2 aliphatic carbocycles. The third kappa shape index (κ3) is 4.87. The molecular formula is C39H32N2O6. The van der Waals surface area contributed by atoms with E-state index < -0.39 is 29.6 Å². The van der Waals surface area contributed by atoms with Crippen molar-refractivity contribution in [1.82, 2.24) is 0 Å². The van der Waals surface area contributed by atoms with Crippen molar-refractivity contribution in [3.05, 3.63) is 113 Å². The lowest BCUT2D eigenvalue weighted by Gasteiger charge is -2.32. The van der Waals surface area contributed by atoms with Crippen LogP contribution >= 0.6 is 0 Å². The van der Waals surface area contributed by atoms with Gasteiger partial charge in [-0.2, -0.15) is 0 Å². The van der Waals surface area contributed by atoms with E-state index >= 15 is 0 Å². The molecular weight excluding hydrogens is 592 g/mol. The van der Waals surface area contributed by atoms with Crippen molar-refractivity contribution in [3.8, 4) is 5.75 Å². The summed E-state index contributed by atoms with van der Waals surface area (Å²) < 4.78 is 5.50. The molecule has 4 aliphatic rings. The van der Waals surface area contributed by atoms with Crippen LogP contribution in [0.25, 0.3) is 10.8 Å². The Hall–Kier alpha value is -5.37. The Kier molecular flexibility index (Phi) is 7.08. The van der Waals surface area contributed by atoms with Crippen LogP contribution in [0.15, 0.2) is 84.9 Å². The summed E-state index contributed by atoms with van der Waals surface area (Å²) in [6, 6.07) is 20.1. The number of benzene rings is 4. The molecule has 0 spiro atoms. The topological polar surface area (TPSA) is 101 Å². The number of nitrogens with zero attached hydrogens (tertiary/aromatic N) is 2. The number of hydrogen-bond acceptors (Lipinski definition) is 6. The maximum atomic E-state index is 13.9. The molecule has 4 amide bonds. The first-order chi connectivity index (χ1) is 22.9. The molecule has 2 heterocycles. The van der Waals surface area contributed by atoms with Crippen LogP contribution < -0.4 is 14.5 Å². The lowest BCUT2D eigenvalue weighted by atomic mass is 9.85. The number of carbonyl (C=O) groups is 5. The summed E-state index contributed by atoms with van der Waals surface area (Å²) in [5, 5.41) is 0.607. The van der Waals surface area contributed by atoms with Gasteiger partial charge in [0.25, 0.3) is 23.6 Å². The molecule has 4 aromatic carbocycles. The Labute approximate surface area is 271 Å². The van der Waals surface area contributed by atoms with E-state index in [1.807, 2.05) is 30.3 Å². The van der Waals surface area contributed by atoms with Gasteiger partial charge in [0.15, 0.2) is 0 Å². The number of imide groups is 2. The van der Waals surface area contributed by atoms with Gasteiger partial charge < -0.3 is 4.74 Å². The minimum Gasteiger partial charge on any atom is -0.423 e. The maximum absolute atomic E-state index is 13.9. The second-order valence-corrected chi connectivity index (χ2v) is 12.9. The van der Waals surface area contributed by atoms with Crippen molar-refractivity contribution in [2.75, 3.05) is 9.80 Å². The Balaban J connectivity index is 1.10. The molecule has 2 aliphatic heterocycles. The predicted octanol–water partition coefficient (Wildman–Crippen LogP) is 7.75. The quantitative estimate of drug-likeness (QED) is 0.0941. The molecule has 0 radical (unpaired) electrons. The smallest absolute Gasteiger partial charge is 0.335 e. The van der Waals surface area contributed by atoms with Crippen LogP contribution in [-0.2, 0) is 4.79 Å². The summed E-state index contributed by atoms with van der Waals surface area (Å²) in [4.78, 5) is 70.3. The Morgan fingerprint density at radius 2 is 1.13 bits per heavy atom. The Bertz CT molecular complexity index is 1960. The largest absolute Gasteiger partial charge is 0.423 e. The number of esters is 1. The number of rotatable bonds is 6. The molecule has 0 N–H and O–H groups in total. The fourth-order valence-electron chi connectivity index (χ4n) is 7.70. The molecule has 8 rings (SSSR count). The number of ether oxygens (including phenoxy) is 1. The highest BCUT2D eigenvalue weighted by atomic mass is 16.5. The van der Waals surface area contributed by atoms with Crippen LogP contribution in [0.4, 0.5) is 11.4 Å². The van der Waals surface area contributed by atoms with E-state index in [1.54, 1.807) is 42.5 Å². The van der Waals surface area contributed by atoms with Crippen molar-refractivity contribution >= 4 is 51.7 Å². The predicted molar refractivity (Wildman–Crippen MR) is 177 cm³/mol. The number of carbonyl (C=O) groups excluding carboxylic acids is 5. The zero-order valence-electron chi connectivity index (χ0n) is 25.7. The van der Waals surface area contributed by atoms with Gasteiger partial charge in [-0.1, -0.05) is 50.0 Å². The molecule has 234 valence electrons. The summed E-state index contributed by atoms with van der Waals surface area (Å²) in [7, 11) is 0. The van der Waals surface area contributed by atoms with Crippen LogP contribution in [0.1, 0.15) is 104 Å². The minimum atomic E-state index is -0.597. The molecule has 0 atom stereocenters. The molecule has 0 saturated heterocycles. The SMILES string of the molecule is O=C(/C=C/C1CCCC1)Oc1cccc(N2C(=O)c3ccc4c5c(ccc(c35)C2=O)C(=O)N(c2ccc(C3CCCC3)cc2)C4=O)c1. The highest BCUT2D eigenvalue weighted by molar-refractivity contribution is 6.42. The van der Waals surface area contributed by atoms with Gasteiger partial charge in [-0.3, -0.25) is 19.2 Å². The number of allylic oxidation sites excluding steroid dienone is 1. The highest BCUT2D eigenvalue weighted by Gasteiger charge is 2.40. The van der Waals surface area contributed by atoms with Gasteiger partial charge in [-0.05, 0) is 91.6 Å². The molecule has 47 heavy (non-hydrogen) atoms. The number of hydrogen-bond donors (Lipinski definition) is 0. The van der Waals surface area contributed by atoms with Crippen molar-refractivity contribution in [3.63, 3.8) is 0 Å². The lowest BCUT2D eigenvalue weighted by Crippen LogP contribution is -2.43. The Morgan fingerprint density at radius 3 is 1.68 bits per heavy atom. The van der Waals surface area contributed by atoms with E-state index in [-0.39, 0.29) is 33.7 Å². The fraction of sp³-hybridized carbons (Fsp3) is 0.256. The van der Waals surface area contributed by atoms with E-state index in [9.17, 15) is 24.0 Å². The third-order valence-electron chi connectivity index (χ3n) is 10.1. The van der Waals surface area contributed by atoms with Gasteiger partial charge in [-0.25, -0.2) is 14.6 Å². The average molecular weight is 625 g/mol. The van der Waals surface area contributed by atoms with Crippen molar-refractivity contribution in [2.45, 2.75) is 57.3 Å². The fourth-order valence-corrected chi connectivity index (χ4v) is 7.70. The van der Waals surface area contributed by atoms with Gasteiger partial charge >= 0.3 is 5.97 Å². The van der Waals surface area contributed by atoms with Crippen LogP contribution in [0.3, 0.4) is 0 Å². The van der Waals surface area contributed by atoms with E-state index in [0.717, 1.165) is 43.4 Å². The highest BCUT2D eigenvalue weighted by Crippen LogP contribution is 2.41. The molecule has 2 saturated carbocycles. The van der Waals surface area contributed by atoms with E-state index in [1.165, 1.54) is 35.4 Å². The van der Waals surface area contributed by atoms with Gasteiger partial charge in [0, 0.05) is 45.2 Å². The zero-order chi connectivity index (χ0) is 32.2. The molecule has 0 bridgehead atoms. The lowest BCUT2D eigenvalue weighted by molar-refractivity contribution is -0.129. The molecule has 0 unspecified atom stereocenters. The summed E-state index contributed by atoms with van der Waals surface area (Å²) in [5.74, 6) is -1.64. The molecule has 2 fully saturated rings. The van der Waals surface area contributed by atoms with Crippen molar-refractivity contribution < 1.29 is 28.7 Å². The average Bonchev–Trinajstić information content (AvgIpc) is 3.82. The first-order valence-electron chi connectivity index (χ1n) is 16.4. The number of anilines is 2. The third-order valence-corrected chi connectivity index (χ3v) is 10.1. The number of amides is 4. The van der Waals surface area contributed by atoms with E-state index in [0.29, 0.717) is 28.3 Å². The maximum Gasteiger partial charge on any atom is 0.335 e.